The van der Waals surface area contributed by atoms with Crippen LogP contribution in [0.5, 0.6) is 0 Å². The lowest BCUT2D eigenvalue weighted by Crippen LogP contribution is -1.94. The zero-order chi connectivity index (χ0) is 13.2. The molecule has 0 saturated carbocycles. The molecule has 0 amide bonds. The molecule has 0 atom stereocenters. The number of carbonyl (C=O) groups excluding carboxylic acids is 1. The predicted octanol–water partition coefficient (Wildman–Crippen LogP) is 3.36. The van der Waals surface area contributed by atoms with Crippen molar-refractivity contribution in [3.05, 3.63) is 59.9 Å². The Morgan fingerprint density at radius 1 is 1.37 bits per heavy atom. The third-order valence-electron chi connectivity index (χ3n) is 2.98. The van der Waals surface area contributed by atoms with E-state index in [1.54, 1.807) is 18.5 Å². The molecule has 4 nitrogen and oxygen atoms in total. The van der Waals surface area contributed by atoms with E-state index in [0.717, 1.165) is 16.5 Å². The van der Waals surface area contributed by atoms with Crippen molar-refractivity contribution in [2.75, 3.05) is 0 Å². The molecule has 0 unspecified atom stereocenters. The van der Waals surface area contributed by atoms with Crippen LogP contribution in [0.3, 0.4) is 0 Å². The summed E-state index contributed by atoms with van der Waals surface area (Å²) in [6, 6.07) is 7.62. The number of H-pyrrole nitrogens is 1. The number of rotatable bonds is 3. The van der Waals surface area contributed by atoms with Crippen LogP contribution in [0.25, 0.3) is 17.0 Å². The topological polar surface area (TPSA) is 58.9 Å². The number of hydrogen-bond donors (Lipinski definition) is 1. The van der Waals surface area contributed by atoms with Crippen molar-refractivity contribution in [3.8, 4) is 0 Å². The third-order valence-corrected chi connectivity index (χ3v) is 2.98. The number of allylic oxidation sites excluding steroid dienone is 1. The van der Waals surface area contributed by atoms with Crippen LogP contribution in [0.4, 0.5) is 0 Å². The highest BCUT2D eigenvalue weighted by atomic mass is 16.3. The van der Waals surface area contributed by atoms with Gasteiger partial charge in [0.1, 0.15) is 11.4 Å². The van der Waals surface area contributed by atoms with E-state index in [4.69, 9.17) is 4.42 Å². The Morgan fingerprint density at radius 2 is 2.21 bits per heavy atom. The van der Waals surface area contributed by atoms with Gasteiger partial charge in [0, 0.05) is 23.3 Å². The van der Waals surface area contributed by atoms with Gasteiger partial charge in [-0.1, -0.05) is 18.2 Å². The normalized spacial score (nSPS) is 11.4. The summed E-state index contributed by atoms with van der Waals surface area (Å²) in [5, 5.41) is 0.970. The van der Waals surface area contributed by atoms with E-state index in [1.165, 1.54) is 6.08 Å². The number of ketones is 1. The lowest BCUT2D eigenvalue weighted by atomic mass is 10.1. The SMILES string of the molecule is Cc1c(C(=O)C=Cc2ncc[nH]2)oc2ccccc12. The van der Waals surface area contributed by atoms with Crippen LogP contribution in [-0.4, -0.2) is 15.8 Å². The Bertz CT molecular complexity index is 752. The zero-order valence-electron chi connectivity index (χ0n) is 10.4. The van der Waals surface area contributed by atoms with Crippen LogP contribution in [0.2, 0.25) is 0 Å². The number of furan rings is 1. The van der Waals surface area contributed by atoms with E-state index in [-0.39, 0.29) is 5.78 Å². The van der Waals surface area contributed by atoms with Crippen molar-refractivity contribution >= 4 is 22.8 Å². The van der Waals surface area contributed by atoms with E-state index in [2.05, 4.69) is 9.97 Å². The number of para-hydroxylation sites is 1. The first-order chi connectivity index (χ1) is 9.25. The molecule has 0 aliphatic rings. The minimum Gasteiger partial charge on any atom is -0.452 e. The standard InChI is InChI=1S/C15H12N2O2/c1-10-11-4-2-3-5-13(11)19-15(10)12(18)6-7-14-16-8-9-17-14/h2-9H,1H3,(H,16,17). The second-order valence-corrected chi connectivity index (χ2v) is 4.22. The zero-order valence-corrected chi connectivity index (χ0v) is 10.4. The van der Waals surface area contributed by atoms with Gasteiger partial charge in [-0.25, -0.2) is 4.98 Å². The van der Waals surface area contributed by atoms with Crippen LogP contribution < -0.4 is 0 Å². The number of aryl methyl sites for hydroxylation is 1. The van der Waals surface area contributed by atoms with E-state index >= 15 is 0 Å². The first-order valence-electron chi connectivity index (χ1n) is 5.95. The lowest BCUT2D eigenvalue weighted by Gasteiger charge is -1.91. The molecule has 0 spiro atoms. The number of hydrogen-bond acceptors (Lipinski definition) is 3. The van der Waals surface area contributed by atoms with Gasteiger partial charge in [0.15, 0.2) is 5.76 Å². The monoisotopic (exact) mass is 252 g/mol. The highest BCUT2D eigenvalue weighted by Gasteiger charge is 2.14. The number of nitrogens with one attached hydrogen (secondary N) is 1. The first kappa shape index (κ1) is 11.5. The molecule has 0 fully saturated rings. The smallest absolute Gasteiger partial charge is 0.221 e. The molecule has 0 aliphatic carbocycles. The molecule has 0 radical (unpaired) electrons. The van der Waals surface area contributed by atoms with Crippen molar-refractivity contribution in [1.29, 1.82) is 0 Å². The largest absolute Gasteiger partial charge is 0.452 e. The molecule has 2 heterocycles. The van der Waals surface area contributed by atoms with Crippen LogP contribution >= 0.6 is 0 Å². The van der Waals surface area contributed by atoms with Gasteiger partial charge in [-0.15, -0.1) is 0 Å². The molecule has 3 rings (SSSR count). The van der Waals surface area contributed by atoms with Gasteiger partial charge in [0.25, 0.3) is 0 Å². The fourth-order valence-corrected chi connectivity index (χ4v) is 2.01. The summed E-state index contributed by atoms with van der Waals surface area (Å²) in [6.07, 6.45) is 6.44. The van der Waals surface area contributed by atoms with Gasteiger partial charge in [0.05, 0.1) is 0 Å². The molecule has 0 saturated heterocycles. The number of aromatic amines is 1. The van der Waals surface area contributed by atoms with E-state index < -0.39 is 0 Å². The van der Waals surface area contributed by atoms with Gasteiger partial charge in [-0.2, -0.15) is 0 Å². The number of benzene rings is 1. The van der Waals surface area contributed by atoms with Crippen molar-refractivity contribution in [2.45, 2.75) is 6.92 Å². The number of nitrogens with zero attached hydrogens (tertiary/aromatic N) is 1. The quantitative estimate of drug-likeness (QED) is 0.574. The summed E-state index contributed by atoms with van der Waals surface area (Å²) < 4.78 is 5.60. The number of carbonyl (C=O) groups is 1. The average molecular weight is 252 g/mol. The average Bonchev–Trinajstić information content (AvgIpc) is 3.05. The van der Waals surface area contributed by atoms with Crippen molar-refractivity contribution < 1.29 is 9.21 Å². The maximum absolute atomic E-state index is 12.1. The van der Waals surface area contributed by atoms with Crippen molar-refractivity contribution in [3.63, 3.8) is 0 Å². The fraction of sp³-hybridized carbons (Fsp3) is 0.0667. The van der Waals surface area contributed by atoms with Crippen molar-refractivity contribution in [1.82, 2.24) is 9.97 Å². The van der Waals surface area contributed by atoms with E-state index in [9.17, 15) is 4.79 Å². The van der Waals surface area contributed by atoms with Crippen LogP contribution in [0, 0.1) is 6.92 Å². The van der Waals surface area contributed by atoms with E-state index in [0.29, 0.717) is 11.6 Å². The van der Waals surface area contributed by atoms with Crippen molar-refractivity contribution in [2.24, 2.45) is 0 Å². The Labute approximate surface area is 109 Å². The third kappa shape index (κ3) is 2.08. The summed E-state index contributed by atoms with van der Waals surface area (Å²) in [5.41, 5.74) is 1.60. The summed E-state index contributed by atoms with van der Waals surface area (Å²) >= 11 is 0. The predicted molar refractivity (Wildman–Crippen MR) is 72.9 cm³/mol. The molecule has 94 valence electrons. The Kier molecular flexibility index (Phi) is 2.76. The van der Waals surface area contributed by atoms with Crippen LogP contribution in [0.15, 0.2) is 47.2 Å². The van der Waals surface area contributed by atoms with Crippen LogP contribution in [0.1, 0.15) is 21.9 Å². The Hall–Kier alpha value is -2.62. The molecule has 1 N–H and O–H groups in total. The Balaban J connectivity index is 1.96. The first-order valence-corrected chi connectivity index (χ1v) is 5.95. The maximum Gasteiger partial charge on any atom is 0.221 e. The van der Waals surface area contributed by atoms with Gasteiger partial charge < -0.3 is 9.40 Å². The molecule has 2 aromatic heterocycles. The second kappa shape index (κ2) is 4.57. The minimum atomic E-state index is -0.162. The van der Waals surface area contributed by atoms with Gasteiger partial charge in [-0.3, -0.25) is 4.79 Å². The molecular weight excluding hydrogens is 240 g/mol. The van der Waals surface area contributed by atoms with Gasteiger partial charge >= 0.3 is 0 Å². The highest BCUT2D eigenvalue weighted by Crippen LogP contribution is 2.25. The van der Waals surface area contributed by atoms with Gasteiger partial charge in [-0.05, 0) is 25.1 Å². The molecule has 19 heavy (non-hydrogen) atoms. The summed E-state index contributed by atoms with van der Waals surface area (Å²) in [6.45, 7) is 1.89. The minimum absolute atomic E-state index is 0.162. The van der Waals surface area contributed by atoms with Crippen LogP contribution in [-0.2, 0) is 0 Å². The summed E-state index contributed by atoms with van der Waals surface area (Å²) in [7, 11) is 0. The number of fused-ring (bicyclic) bond motifs is 1. The second-order valence-electron chi connectivity index (χ2n) is 4.22. The maximum atomic E-state index is 12.1. The Morgan fingerprint density at radius 3 is 2.95 bits per heavy atom. The lowest BCUT2D eigenvalue weighted by molar-refractivity contribution is 0.102. The molecule has 3 aromatic rings. The molecule has 0 bridgehead atoms. The molecular formula is C15H12N2O2. The summed E-state index contributed by atoms with van der Waals surface area (Å²) in [5.74, 6) is 0.858. The number of aromatic nitrogens is 2. The molecule has 1 aromatic carbocycles. The van der Waals surface area contributed by atoms with Gasteiger partial charge in [0.2, 0.25) is 5.78 Å². The fourth-order valence-electron chi connectivity index (χ4n) is 2.01. The number of imidazole rings is 1. The molecule has 4 heteroatoms. The highest BCUT2D eigenvalue weighted by molar-refractivity contribution is 6.08. The molecule has 0 aliphatic heterocycles. The summed E-state index contributed by atoms with van der Waals surface area (Å²) in [4.78, 5) is 19.0. The van der Waals surface area contributed by atoms with E-state index in [1.807, 2.05) is 31.2 Å².